The van der Waals surface area contributed by atoms with Crippen molar-refractivity contribution < 1.29 is 0 Å². The van der Waals surface area contributed by atoms with Crippen molar-refractivity contribution in [2.24, 2.45) is 0 Å². The third-order valence-corrected chi connectivity index (χ3v) is 3.98. The zero-order chi connectivity index (χ0) is 12.7. The summed E-state index contributed by atoms with van der Waals surface area (Å²) in [6, 6.07) is 5.68. The molecule has 1 aromatic carbocycles. The largest absolute Gasteiger partial charge is 0.369 e. The fourth-order valence-electron chi connectivity index (χ4n) is 1.91. The number of imidazole rings is 1. The Bertz CT molecular complexity index is 716. The molecule has 0 saturated heterocycles. The van der Waals surface area contributed by atoms with Gasteiger partial charge in [-0.15, -0.1) is 11.3 Å². The number of thiazole rings is 1. The SMILES string of the molecule is Cc1csc(Cn2c(N)nc3c(Cl)cccc32)n1. The lowest BCUT2D eigenvalue weighted by molar-refractivity contribution is 0.826. The highest BCUT2D eigenvalue weighted by atomic mass is 35.5. The number of nitrogens with zero attached hydrogens (tertiary/aromatic N) is 3. The molecule has 0 spiro atoms. The number of halogens is 1. The second kappa shape index (κ2) is 4.26. The van der Waals surface area contributed by atoms with Gasteiger partial charge >= 0.3 is 0 Å². The molecule has 3 rings (SSSR count). The van der Waals surface area contributed by atoms with Gasteiger partial charge in [0.05, 0.1) is 17.1 Å². The zero-order valence-corrected chi connectivity index (χ0v) is 11.3. The van der Waals surface area contributed by atoms with Crippen molar-refractivity contribution in [3.63, 3.8) is 0 Å². The smallest absolute Gasteiger partial charge is 0.201 e. The summed E-state index contributed by atoms with van der Waals surface area (Å²) < 4.78 is 1.93. The maximum Gasteiger partial charge on any atom is 0.201 e. The van der Waals surface area contributed by atoms with Crippen molar-refractivity contribution in [3.8, 4) is 0 Å². The molecule has 18 heavy (non-hydrogen) atoms. The van der Waals surface area contributed by atoms with Gasteiger partial charge in [0, 0.05) is 11.1 Å². The molecule has 4 nitrogen and oxygen atoms in total. The van der Waals surface area contributed by atoms with Crippen LogP contribution in [-0.2, 0) is 6.54 Å². The van der Waals surface area contributed by atoms with Gasteiger partial charge in [-0.05, 0) is 19.1 Å². The predicted molar refractivity (Wildman–Crippen MR) is 75.1 cm³/mol. The Hall–Kier alpha value is -1.59. The normalized spacial score (nSPS) is 11.2. The first-order valence-corrected chi connectivity index (χ1v) is 6.72. The minimum Gasteiger partial charge on any atom is -0.369 e. The first-order chi connectivity index (χ1) is 8.65. The van der Waals surface area contributed by atoms with Gasteiger partial charge in [-0.3, -0.25) is 0 Å². The molecular formula is C12H11ClN4S. The van der Waals surface area contributed by atoms with Gasteiger partial charge in [0.2, 0.25) is 5.95 Å². The highest BCUT2D eigenvalue weighted by Crippen LogP contribution is 2.26. The molecular weight excluding hydrogens is 268 g/mol. The van der Waals surface area contributed by atoms with Crippen molar-refractivity contribution in [3.05, 3.63) is 39.3 Å². The number of anilines is 1. The van der Waals surface area contributed by atoms with Crippen LogP contribution >= 0.6 is 22.9 Å². The van der Waals surface area contributed by atoms with Gasteiger partial charge < -0.3 is 10.3 Å². The van der Waals surface area contributed by atoms with Crippen LogP contribution in [0.25, 0.3) is 11.0 Å². The van der Waals surface area contributed by atoms with Crippen LogP contribution in [0, 0.1) is 6.92 Å². The van der Waals surface area contributed by atoms with Crippen molar-refractivity contribution in [1.29, 1.82) is 0 Å². The summed E-state index contributed by atoms with van der Waals surface area (Å²) in [6.07, 6.45) is 0. The summed E-state index contributed by atoms with van der Waals surface area (Å²) in [5.74, 6) is 0.464. The predicted octanol–water partition coefficient (Wildman–Crippen LogP) is 3.09. The van der Waals surface area contributed by atoms with Crippen LogP contribution in [0.5, 0.6) is 0 Å². The van der Waals surface area contributed by atoms with E-state index in [1.165, 1.54) is 0 Å². The summed E-state index contributed by atoms with van der Waals surface area (Å²) in [5.41, 5.74) is 8.65. The maximum atomic E-state index is 6.11. The lowest BCUT2D eigenvalue weighted by Gasteiger charge is -2.03. The number of para-hydroxylation sites is 1. The molecule has 92 valence electrons. The van der Waals surface area contributed by atoms with Crippen molar-refractivity contribution in [1.82, 2.24) is 14.5 Å². The number of nitrogens with two attached hydrogens (primary N) is 1. The van der Waals surface area contributed by atoms with E-state index >= 15 is 0 Å². The Morgan fingerprint density at radius 1 is 1.39 bits per heavy atom. The fraction of sp³-hybridized carbons (Fsp3) is 0.167. The highest BCUT2D eigenvalue weighted by molar-refractivity contribution is 7.09. The van der Waals surface area contributed by atoms with Gasteiger partial charge in [-0.1, -0.05) is 17.7 Å². The first kappa shape index (κ1) is 11.5. The molecule has 2 aromatic heterocycles. The second-order valence-corrected chi connectivity index (χ2v) is 5.40. The van der Waals surface area contributed by atoms with E-state index in [0.717, 1.165) is 21.7 Å². The van der Waals surface area contributed by atoms with Crippen LogP contribution in [0.4, 0.5) is 5.95 Å². The van der Waals surface area contributed by atoms with E-state index in [0.29, 0.717) is 17.5 Å². The summed E-state index contributed by atoms with van der Waals surface area (Å²) >= 11 is 7.73. The van der Waals surface area contributed by atoms with E-state index in [4.69, 9.17) is 17.3 Å². The van der Waals surface area contributed by atoms with Crippen LogP contribution in [0.2, 0.25) is 5.02 Å². The van der Waals surface area contributed by atoms with E-state index in [1.807, 2.05) is 35.1 Å². The third-order valence-electron chi connectivity index (χ3n) is 2.72. The molecule has 0 amide bonds. The van der Waals surface area contributed by atoms with Crippen LogP contribution in [-0.4, -0.2) is 14.5 Å². The standard InChI is InChI=1S/C12H11ClN4S/c1-7-6-18-10(15-7)5-17-9-4-2-3-8(13)11(9)16-12(17)14/h2-4,6H,5H2,1H3,(H2,14,16). The second-order valence-electron chi connectivity index (χ2n) is 4.05. The van der Waals surface area contributed by atoms with E-state index < -0.39 is 0 Å². The van der Waals surface area contributed by atoms with Crippen LogP contribution in [0.3, 0.4) is 0 Å². The Labute approximate surface area is 113 Å². The van der Waals surface area contributed by atoms with E-state index in [-0.39, 0.29) is 0 Å². The first-order valence-electron chi connectivity index (χ1n) is 5.46. The van der Waals surface area contributed by atoms with Gasteiger partial charge in [-0.25, -0.2) is 9.97 Å². The molecule has 3 aromatic rings. The maximum absolute atomic E-state index is 6.11. The molecule has 0 fully saturated rings. The minimum absolute atomic E-state index is 0.464. The number of benzene rings is 1. The molecule has 0 saturated carbocycles. The summed E-state index contributed by atoms with van der Waals surface area (Å²) in [5, 5.41) is 3.66. The third kappa shape index (κ3) is 1.85. The molecule has 2 heterocycles. The number of hydrogen-bond donors (Lipinski definition) is 1. The Kier molecular flexibility index (Phi) is 2.72. The molecule has 6 heteroatoms. The van der Waals surface area contributed by atoms with Gasteiger partial charge in [0.15, 0.2) is 0 Å². The Morgan fingerprint density at radius 3 is 2.94 bits per heavy atom. The number of aromatic nitrogens is 3. The van der Waals surface area contributed by atoms with Crippen LogP contribution in [0.15, 0.2) is 23.6 Å². The van der Waals surface area contributed by atoms with Gasteiger partial charge in [0.1, 0.15) is 10.5 Å². The molecule has 0 aliphatic heterocycles. The molecule has 0 aliphatic rings. The van der Waals surface area contributed by atoms with Gasteiger partial charge in [0.25, 0.3) is 0 Å². The van der Waals surface area contributed by atoms with Crippen molar-refractivity contribution in [2.75, 3.05) is 5.73 Å². The lowest BCUT2D eigenvalue weighted by Crippen LogP contribution is -2.04. The van der Waals surface area contributed by atoms with Crippen molar-refractivity contribution >= 4 is 39.9 Å². The lowest BCUT2D eigenvalue weighted by atomic mass is 10.3. The zero-order valence-electron chi connectivity index (χ0n) is 9.72. The Morgan fingerprint density at radius 2 is 2.22 bits per heavy atom. The number of hydrogen-bond acceptors (Lipinski definition) is 4. The quantitative estimate of drug-likeness (QED) is 0.784. The van der Waals surface area contributed by atoms with E-state index in [1.54, 1.807) is 11.3 Å². The molecule has 0 aliphatic carbocycles. The number of fused-ring (bicyclic) bond motifs is 1. The van der Waals surface area contributed by atoms with Gasteiger partial charge in [-0.2, -0.15) is 0 Å². The molecule has 2 N–H and O–H groups in total. The van der Waals surface area contributed by atoms with Crippen LogP contribution < -0.4 is 5.73 Å². The number of rotatable bonds is 2. The molecule has 0 atom stereocenters. The van der Waals surface area contributed by atoms with Crippen molar-refractivity contribution in [2.45, 2.75) is 13.5 Å². The van der Waals surface area contributed by atoms with Crippen LogP contribution in [0.1, 0.15) is 10.7 Å². The Balaban J connectivity index is 2.11. The average molecular weight is 279 g/mol. The molecule has 0 unspecified atom stereocenters. The fourth-order valence-corrected chi connectivity index (χ4v) is 2.88. The summed E-state index contributed by atoms with van der Waals surface area (Å²) in [7, 11) is 0. The number of aryl methyl sites for hydroxylation is 1. The minimum atomic E-state index is 0.464. The summed E-state index contributed by atoms with van der Waals surface area (Å²) in [6.45, 7) is 2.60. The summed E-state index contributed by atoms with van der Waals surface area (Å²) in [4.78, 5) is 8.74. The molecule has 0 bridgehead atoms. The monoisotopic (exact) mass is 278 g/mol. The highest BCUT2D eigenvalue weighted by Gasteiger charge is 2.12. The molecule has 0 radical (unpaired) electrons. The average Bonchev–Trinajstić information content (AvgIpc) is 2.87. The number of nitrogen functional groups attached to an aromatic ring is 1. The van der Waals surface area contributed by atoms with E-state index in [2.05, 4.69) is 9.97 Å². The van der Waals surface area contributed by atoms with E-state index in [9.17, 15) is 0 Å². The topological polar surface area (TPSA) is 56.7 Å².